The molecule has 0 aliphatic heterocycles. The fourth-order valence-corrected chi connectivity index (χ4v) is 3.22. The second-order valence-corrected chi connectivity index (χ2v) is 7.00. The van der Waals surface area contributed by atoms with Crippen LogP contribution in [0, 0.1) is 0 Å². The van der Waals surface area contributed by atoms with E-state index in [4.69, 9.17) is 17.3 Å². The zero-order valence-electron chi connectivity index (χ0n) is 15.0. The van der Waals surface area contributed by atoms with Gasteiger partial charge in [-0.1, -0.05) is 54.1 Å². The van der Waals surface area contributed by atoms with Gasteiger partial charge in [-0.15, -0.1) is 0 Å². The molecule has 0 saturated heterocycles. The van der Waals surface area contributed by atoms with Crippen molar-refractivity contribution in [3.05, 3.63) is 77.3 Å². The molecule has 0 spiro atoms. The number of aldehydes is 1. The number of benzene rings is 3. The molecule has 2 atom stereocenters. The maximum absolute atomic E-state index is 12.8. The summed E-state index contributed by atoms with van der Waals surface area (Å²) in [6.45, 7) is 1.63. The lowest BCUT2D eigenvalue weighted by molar-refractivity contribution is -0.121. The molecule has 0 unspecified atom stereocenters. The smallest absolute Gasteiger partial charge is 0.244 e. The third-order valence-electron chi connectivity index (χ3n) is 4.49. The fraction of sp³-hybridized carbons (Fsp3) is 0.182. The predicted molar refractivity (Wildman–Crippen MR) is 110 cm³/mol. The molecule has 0 aliphatic carbocycles. The second-order valence-electron chi connectivity index (χ2n) is 6.56. The minimum absolute atomic E-state index is 0.295. The van der Waals surface area contributed by atoms with Crippen molar-refractivity contribution in [2.24, 2.45) is 5.73 Å². The van der Waals surface area contributed by atoms with Crippen LogP contribution in [0.4, 0.5) is 5.69 Å². The predicted octanol–water partition coefficient (Wildman–Crippen LogP) is 3.98. The largest absolute Gasteiger partial charge is 0.320 e. The van der Waals surface area contributed by atoms with Crippen LogP contribution in [0.25, 0.3) is 10.8 Å². The quantitative estimate of drug-likeness (QED) is 0.658. The summed E-state index contributed by atoms with van der Waals surface area (Å²) < 4.78 is 0. The lowest BCUT2D eigenvalue weighted by atomic mass is 10.0. The summed E-state index contributed by atoms with van der Waals surface area (Å²) in [5, 5.41) is 2.68. The van der Waals surface area contributed by atoms with Crippen molar-refractivity contribution in [2.75, 3.05) is 4.90 Å². The molecule has 5 heteroatoms. The third kappa shape index (κ3) is 4.35. The summed E-state index contributed by atoms with van der Waals surface area (Å²) >= 11 is 5.94. The van der Waals surface area contributed by atoms with Crippen molar-refractivity contribution >= 4 is 40.3 Å². The molecule has 0 bridgehead atoms. The number of carbonyl (C=O) groups is 2. The number of hydrogen-bond donors (Lipinski definition) is 1. The molecular weight excluding hydrogens is 360 g/mol. The average Bonchev–Trinajstić information content (AvgIpc) is 2.68. The van der Waals surface area contributed by atoms with Crippen molar-refractivity contribution in [1.82, 2.24) is 0 Å². The second kappa shape index (κ2) is 8.33. The minimum atomic E-state index is -0.718. The van der Waals surface area contributed by atoms with Crippen LogP contribution in [0.1, 0.15) is 12.5 Å². The summed E-state index contributed by atoms with van der Waals surface area (Å²) in [5.41, 5.74) is 7.44. The highest BCUT2D eigenvalue weighted by Gasteiger charge is 2.27. The molecule has 0 fully saturated rings. The van der Waals surface area contributed by atoms with Gasteiger partial charge in [-0.05, 0) is 47.5 Å². The highest BCUT2D eigenvalue weighted by molar-refractivity contribution is 6.30. The maximum Gasteiger partial charge on any atom is 0.244 e. The van der Waals surface area contributed by atoms with Crippen LogP contribution in [-0.2, 0) is 16.0 Å². The number of amides is 1. The summed E-state index contributed by atoms with van der Waals surface area (Å²) in [5.74, 6) is -0.295. The number of nitrogens with two attached hydrogens (primary N) is 1. The van der Waals surface area contributed by atoms with Gasteiger partial charge in [0, 0.05) is 17.1 Å². The lowest BCUT2D eigenvalue weighted by Crippen LogP contribution is -2.49. The van der Waals surface area contributed by atoms with Crippen molar-refractivity contribution in [3.63, 3.8) is 0 Å². The first-order chi connectivity index (χ1) is 13.0. The standard InChI is InChI=1S/C22H21ClN2O2/c1-15(24)22(27)25(20-11-8-17-4-2-3-5-18(17)13-20)21(14-26)12-16-6-9-19(23)10-7-16/h2-11,13-15,21H,12,24H2,1H3/t15-,21-/m0/s1. The molecular formula is C22H21ClN2O2. The Kier molecular flexibility index (Phi) is 5.89. The van der Waals surface area contributed by atoms with Crippen LogP contribution < -0.4 is 10.6 Å². The Morgan fingerprint density at radius 1 is 1.07 bits per heavy atom. The minimum Gasteiger partial charge on any atom is -0.320 e. The van der Waals surface area contributed by atoms with Gasteiger partial charge in [0.2, 0.25) is 5.91 Å². The molecule has 3 rings (SSSR count). The van der Waals surface area contributed by atoms with Gasteiger partial charge in [0.05, 0.1) is 12.1 Å². The van der Waals surface area contributed by atoms with E-state index in [1.54, 1.807) is 19.1 Å². The molecule has 27 heavy (non-hydrogen) atoms. The Morgan fingerprint density at radius 3 is 2.37 bits per heavy atom. The first-order valence-electron chi connectivity index (χ1n) is 8.77. The Morgan fingerprint density at radius 2 is 1.74 bits per heavy atom. The van der Waals surface area contributed by atoms with Gasteiger partial charge in [0.25, 0.3) is 0 Å². The van der Waals surface area contributed by atoms with Crippen LogP contribution in [0.5, 0.6) is 0 Å². The van der Waals surface area contributed by atoms with Crippen molar-refractivity contribution in [1.29, 1.82) is 0 Å². The molecule has 0 heterocycles. The fourth-order valence-electron chi connectivity index (χ4n) is 3.09. The zero-order chi connectivity index (χ0) is 19.4. The summed E-state index contributed by atoms with van der Waals surface area (Å²) in [4.78, 5) is 26.3. The van der Waals surface area contributed by atoms with E-state index in [0.29, 0.717) is 17.1 Å². The molecule has 2 N–H and O–H groups in total. The van der Waals surface area contributed by atoms with E-state index in [9.17, 15) is 9.59 Å². The topological polar surface area (TPSA) is 63.4 Å². The van der Waals surface area contributed by atoms with E-state index in [-0.39, 0.29) is 5.91 Å². The third-order valence-corrected chi connectivity index (χ3v) is 4.74. The molecule has 138 valence electrons. The van der Waals surface area contributed by atoms with E-state index in [1.165, 1.54) is 4.90 Å². The highest BCUT2D eigenvalue weighted by atomic mass is 35.5. The van der Waals surface area contributed by atoms with E-state index in [2.05, 4.69) is 0 Å². The van der Waals surface area contributed by atoms with Gasteiger partial charge in [0.1, 0.15) is 6.29 Å². The number of fused-ring (bicyclic) bond motifs is 1. The van der Waals surface area contributed by atoms with Gasteiger partial charge < -0.3 is 15.4 Å². The summed E-state index contributed by atoms with van der Waals surface area (Å²) in [7, 11) is 0. The molecule has 4 nitrogen and oxygen atoms in total. The van der Waals surface area contributed by atoms with Gasteiger partial charge in [-0.25, -0.2) is 0 Å². The Labute approximate surface area is 163 Å². The molecule has 0 aliphatic rings. The molecule has 1 amide bonds. The van der Waals surface area contributed by atoms with E-state index >= 15 is 0 Å². The number of rotatable bonds is 6. The maximum atomic E-state index is 12.8. The zero-order valence-corrected chi connectivity index (χ0v) is 15.8. The Balaban J connectivity index is 2.01. The summed E-state index contributed by atoms with van der Waals surface area (Å²) in [6, 6.07) is 19.4. The lowest BCUT2D eigenvalue weighted by Gasteiger charge is -2.30. The highest BCUT2D eigenvalue weighted by Crippen LogP contribution is 2.25. The van der Waals surface area contributed by atoms with E-state index in [1.807, 2.05) is 54.6 Å². The molecule has 0 aromatic heterocycles. The summed E-state index contributed by atoms with van der Waals surface area (Å²) in [6.07, 6.45) is 1.18. The number of carbonyl (C=O) groups excluding carboxylic acids is 2. The van der Waals surface area contributed by atoms with Gasteiger partial charge in [0.15, 0.2) is 0 Å². The van der Waals surface area contributed by atoms with Gasteiger partial charge in [-0.2, -0.15) is 0 Å². The Hall–Kier alpha value is -2.69. The molecule has 0 radical (unpaired) electrons. The monoisotopic (exact) mass is 380 g/mol. The van der Waals surface area contributed by atoms with Crippen molar-refractivity contribution in [3.8, 4) is 0 Å². The van der Waals surface area contributed by atoms with Crippen LogP contribution in [-0.4, -0.2) is 24.3 Å². The Bertz CT molecular complexity index is 954. The molecule has 0 saturated carbocycles. The number of halogens is 1. The molecule has 3 aromatic rings. The first-order valence-corrected chi connectivity index (χ1v) is 9.14. The van der Waals surface area contributed by atoms with Crippen molar-refractivity contribution in [2.45, 2.75) is 25.4 Å². The average molecular weight is 381 g/mol. The molecule has 3 aromatic carbocycles. The van der Waals surface area contributed by atoms with Crippen molar-refractivity contribution < 1.29 is 9.59 Å². The van der Waals surface area contributed by atoms with Gasteiger partial charge in [-0.3, -0.25) is 4.79 Å². The number of nitrogens with zero attached hydrogens (tertiary/aromatic N) is 1. The normalized spacial score (nSPS) is 13.1. The number of anilines is 1. The van der Waals surface area contributed by atoms with Crippen LogP contribution >= 0.6 is 11.6 Å². The van der Waals surface area contributed by atoms with Crippen LogP contribution in [0.2, 0.25) is 5.02 Å². The SMILES string of the molecule is C[C@H](N)C(=O)N(c1ccc2ccccc2c1)[C@H](C=O)Cc1ccc(Cl)cc1. The first kappa shape index (κ1) is 19.1. The van der Waals surface area contributed by atoms with E-state index in [0.717, 1.165) is 22.6 Å². The van der Waals surface area contributed by atoms with Crippen LogP contribution in [0.3, 0.4) is 0 Å². The number of hydrogen-bond acceptors (Lipinski definition) is 3. The van der Waals surface area contributed by atoms with E-state index < -0.39 is 12.1 Å². The van der Waals surface area contributed by atoms with Crippen LogP contribution in [0.15, 0.2) is 66.7 Å². The van der Waals surface area contributed by atoms with Gasteiger partial charge >= 0.3 is 0 Å².